The molecule has 0 aliphatic carbocycles. The van der Waals surface area contributed by atoms with Gasteiger partial charge in [0.05, 0.1) is 12.1 Å². The summed E-state index contributed by atoms with van der Waals surface area (Å²) < 4.78 is 0. The average Bonchev–Trinajstić information content (AvgIpc) is 3.36. The molecule has 0 radical (unpaired) electrons. The third kappa shape index (κ3) is 3.28. The van der Waals surface area contributed by atoms with E-state index in [9.17, 15) is 10.1 Å². The molecule has 0 spiro atoms. The van der Waals surface area contributed by atoms with E-state index in [1.807, 2.05) is 0 Å². The lowest BCUT2D eigenvalue weighted by Gasteiger charge is -2.26. The van der Waals surface area contributed by atoms with Crippen LogP contribution >= 0.6 is 0 Å². The van der Waals surface area contributed by atoms with Crippen molar-refractivity contribution in [2.75, 3.05) is 0 Å². The first-order valence-electron chi connectivity index (χ1n) is 10.8. The quantitative estimate of drug-likeness (QED) is 0.409. The van der Waals surface area contributed by atoms with Gasteiger partial charge in [-0.3, -0.25) is 10.1 Å². The summed E-state index contributed by atoms with van der Waals surface area (Å²) in [6.07, 6.45) is 11.4. The Morgan fingerprint density at radius 3 is 1.69 bits per heavy atom. The number of fused-ring (bicyclic) bond motifs is 9. The van der Waals surface area contributed by atoms with Gasteiger partial charge in [0.25, 0.3) is 0 Å². The summed E-state index contributed by atoms with van der Waals surface area (Å²) in [5.74, 6) is 0. The van der Waals surface area contributed by atoms with Crippen molar-refractivity contribution in [2.45, 2.75) is 119 Å². The standard InChI is InChI=1S/C19H33N5O2/c25-24(26)19-17-6-4-14(22-17)10-12-2-1-11(20-12)9-13-3-5-15(21-13)16-7-8-18(19)23-16/h11-23H,1-10H2. The third-order valence-corrected chi connectivity index (χ3v) is 7.80. The van der Waals surface area contributed by atoms with Gasteiger partial charge in [0.2, 0.25) is 6.04 Å². The summed E-state index contributed by atoms with van der Waals surface area (Å²) in [6, 6.07) is 2.74. The van der Waals surface area contributed by atoms with Gasteiger partial charge in [-0.15, -0.1) is 0 Å². The maximum absolute atomic E-state index is 11.9. The van der Waals surface area contributed by atoms with Crippen molar-refractivity contribution >= 4 is 0 Å². The molecule has 5 rings (SSSR count). The lowest BCUT2D eigenvalue weighted by atomic mass is 9.97. The van der Waals surface area contributed by atoms with Crippen LogP contribution in [-0.2, 0) is 0 Å². The predicted molar refractivity (Wildman–Crippen MR) is 99.8 cm³/mol. The molecule has 5 aliphatic rings. The van der Waals surface area contributed by atoms with Crippen molar-refractivity contribution in [2.24, 2.45) is 0 Å². The van der Waals surface area contributed by atoms with Gasteiger partial charge in [-0.1, -0.05) is 0 Å². The molecule has 9 unspecified atom stereocenters. The third-order valence-electron chi connectivity index (χ3n) is 7.80. The summed E-state index contributed by atoms with van der Waals surface area (Å²) in [5, 5.41) is 27.0. The SMILES string of the molecule is O=[N+]([O-])C1C2CCC(CC3CCC(CC4CCC(N4)C4CCC1N4)N3)N2. The highest BCUT2D eigenvalue weighted by Gasteiger charge is 2.47. The normalized spacial score (nSPS) is 51.2. The second-order valence-electron chi connectivity index (χ2n) is 9.44. The van der Waals surface area contributed by atoms with Crippen LogP contribution in [-0.4, -0.2) is 59.3 Å². The Kier molecular flexibility index (Phi) is 4.67. The fourth-order valence-corrected chi connectivity index (χ4v) is 6.58. The van der Waals surface area contributed by atoms with Gasteiger partial charge in [0.1, 0.15) is 0 Å². The highest BCUT2D eigenvalue weighted by atomic mass is 16.6. The number of nitrogens with one attached hydrogen (secondary N) is 4. The molecule has 0 aromatic carbocycles. The van der Waals surface area contributed by atoms with E-state index in [1.54, 1.807) is 0 Å². The van der Waals surface area contributed by atoms with Crippen LogP contribution in [0.25, 0.3) is 0 Å². The van der Waals surface area contributed by atoms with E-state index in [0.29, 0.717) is 36.3 Å². The summed E-state index contributed by atoms with van der Waals surface area (Å²) in [5.41, 5.74) is 0. The van der Waals surface area contributed by atoms with E-state index in [0.717, 1.165) is 32.1 Å². The monoisotopic (exact) mass is 363 g/mol. The van der Waals surface area contributed by atoms with Crippen LogP contribution in [0.3, 0.4) is 0 Å². The highest BCUT2D eigenvalue weighted by Crippen LogP contribution is 2.32. The first kappa shape index (κ1) is 17.3. The second kappa shape index (κ2) is 7.00. The van der Waals surface area contributed by atoms with Crippen molar-refractivity contribution in [3.63, 3.8) is 0 Å². The van der Waals surface area contributed by atoms with Crippen LogP contribution in [0.1, 0.15) is 64.2 Å². The summed E-state index contributed by atoms with van der Waals surface area (Å²) in [7, 11) is 0. The first-order valence-corrected chi connectivity index (χ1v) is 10.8. The Morgan fingerprint density at radius 2 is 1.00 bits per heavy atom. The van der Waals surface area contributed by atoms with Crippen LogP contribution in [0.4, 0.5) is 0 Å². The van der Waals surface area contributed by atoms with E-state index >= 15 is 0 Å². The summed E-state index contributed by atoms with van der Waals surface area (Å²) in [4.78, 5) is 11.9. The Morgan fingerprint density at radius 1 is 0.577 bits per heavy atom. The van der Waals surface area contributed by atoms with Gasteiger partial charge in [-0.2, -0.15) is 0 Å². The van der Waals surface area contributed by atoms with Crippen molar-refractivity contribution in [3.8, 4) is 0 Å². The molecule has 5 aliphatic heterocycles. The molecule has 9 atom stereocenters. The minimum absolute atomic E-state index is 0.00703. The lowest BCUT2D eigenvalue weighted by molar-refractivity contribution is -0.530. The second-order valence-corrected chi connectivity index (χ2v) is 9.44. The van der Waals surface area contributed by atoms with Crippen LogP contribution < -0.4 is 21.3 Å². The number of rotatable bonds is 1. The molecule has 7 heteroatoms. The average molecular weight is 364 g/mol. The molecular weight excluding hydrogens is 330 g/mol. The zero-order valence-electron chi connectivity index (χ0n) is 15.5. The van der Waals surface area contributed by atoms with E-state index in [2.05, 4.69) is 21.3 Å². The molecule has 8 bridgehead atoms. The van der Waals surface area contributed by atoms with E-state index in [1.165, 1.54) is 32.1 Å². The van der Waals surface area contributed by atoms with E-state index in [4.69, 9.17) is 0 Å². The zero-order valence-corrected chi connectivity index (χ0v) is 15.5. The van der Waals surface area contributed by atoms with Crippen molar-refractivity contribution in [1.29, 1.82) is 0 Å². The van der Waals surface area contributed by atoms with Gasteiger partial charge < -0.3 is 21.3 Å². The lowest BCUT2D eigenvalue weighted by Crippen LogP contribution is -2.55. The Labute approximate surface area is 155 Å². The molecular formula is C19H33N5O2. The van der Waals surface area contributed by atoms with Gasteiger partial charge >= 0.3 is 0 Å². The van der Waals surface area contributed by atoms with Gasteiger partial charge in [0.15, 0.2) is 0 Å². The summed E-state index contributed by atoms with van der Waals surface area (Å²) in [6.45, 7) is 0. The van der Waals surface area contributed by atoms with Gasteiger partial charge in [0, 0.05) is 41.2 Å². The molecule has 0 aromatic heterocycles. The molecule has 4 N–H and O–H groups in total. The molecule has 26 heavy (non-hydrogen) atoms. The van der Waals surface area contributed by atoms with Gasteiger partial charge in [-0.05, 0) is 64.2 Å². The van der Waals surface area contributed by atoms with Crippen molar-refractivity contribution < 1.29 is 4.92 Å². The maximum Gasteiger partial charge on any atom is 0.243 e. The van der Waals surface area contributed by atoms with Crippen LogP contribution in [0.2, 0.25) is 0 Å². The maximum atomic E-state index is 11.9. The van der Waals surface area contributed by atoms with Crippen LogP contribution in [0, 0.1) is 10.1 Å². The first-order chi connectivity index (χ1) is 12.7. The molecule has 0 aromatic rings. The topological polar surface area (TPSA) is 91.3 Å². The molecule has 5 fully saturated rings. The number of nitro groups is 1. The van der Waals surface area contributed by atoms with Crippen LogP contribution in [0.15, 0.2) is 0 Å². The Bertz CT molecular complexity index is 546. The van der Waals surface area contributed by atoms with Crippen molar-refractivity contribution in [1.82, 2.24) is 21.3 Å². The minimum Gasteiger partial charge on any atom is -0.311 e. The fourth-order valence-electron chi connectivity index (χ4n) is 6.58. The summed E-state index contributed by atoms with van der Waals surface area (Å²) >= 11 is 0. The number of hydrogen-bond donors (Lipinski definition) is 4. The highest BCUT2D eigenvalue weighted by molar-refractivity contribution is 5.03. The molecule has 146 valence electrons. The Balaban J connectivity index is 1.37. The number of hydrogen-bond acceptors (Lipinski definition) is 6. The van der Waals surface area contributed by atoms with Crippen molar-refractivity contribution in [3.05, 3.63) is 10.1 Å². The molecule has 7 nitrogen and oxygen atoms in total. The van der Waals surface area contributed by atoms with Gasteiger partial charge in [-0.25, -0.2) is 0 Å². The molecule has 5 saturated heterocycles. The fraction of sp³-hybridized carbons (Fsp3) is 1.00. The van der Waals surface area contributed by atoms with Crippen LogP contribution in [0.5, 0.6) is 0 Å². The smallest absolute Gasteiger partial charge is 0.243 e. The minimum atomic E-state index is -0.489. The van der Waals surface area contributed by atoms with E-state index < -0.39 is 6.04 Å². The molecule has 0 amide bonds. The largest absolute Gasteiger partial charge is 0.311 e. The predicted octanol–water partition coefficient (Wildman–Crippen LogP) is 0.908. The molecule has 5 heterocycles. The zero-order chi connectivity index (χ0) is 17.7. The van der Waals surface area contributed by atoms with E-state index in [-0.39, 0.29) is 17.0 Å². The Hall–Kier alpha value is -0.760. The number of nitrogens with zero attached hydrogens (tertiary/aromatic N) is 1. The molecule has 0 saturated carbocycles.